The number of amides is 1. The van der Waals surface area contributed by atoms with Crippen LogP contribution >= 0.6 is 0 Å². The van der Waals surface area contributed by atoms with E-state index in [9.17, 15) is 4.79 Å². The minimum Gasteiger partial charge on any atom is -0.465 e. The molecule has 1 fully saturated rings. The average Bonchev–Trinajstić information content (AvgIpc) is 2.21. The Labute approximate surface area is 100 Å². The molecule has 0 atom stereocenters. The first-order valence-electron chi connectivity index (χ1n) is 5.80. The van der Waals surface area contributed by atoms with Gasteiger partial charge in [0.05, 0.1) is 0 Å². The van der Waals surface area contributed by atoms with Gasteiger partial charge in [-0.05, 0) is 37.8 Å². The van der Waals surface area contributed by atoms with Gasteiger partial charge in [-0.15, -0.1) is 0 Å². The van der Waals surface area contributed by atoms with Crippen molar-refractivity contribution in [1.29, 1.82) is 0 Å². The Hall–Kier alpha value is -1.78. The first-order chi connectivity index (χ1) is 8.13. The van der Waals surface area contributed by atoms with Crippen LogP contribution in [0.3, 0.4) is 0 Å². The lowest BCUT2D eigenvalue weighted by Gasteiger charge is -2.35. The van der Waals surface area contributed by atoms with Crippen LogP contribution in [0.25, 0.3) is 0 Å². The quantitative estimate of drug-likeness (QED) is 0.744. The summed E-state index contributed by atoms with van der Waals surface area (Å²) >= 11 is 0. The molecule has 17 heavy (non-hydrogen) atoms. The predicted molar refractivity (Wildman–Crippen MR) is 65.1 cm³/mol. The number of rotatable bonds is 4. The van der Waals surface area contributed by atoms with Crippen LogP contribution in [0.5, 0.6) is 0 Å². The molecule has 2 rings (SSSR count). The maximum atomic E-state index is 10.4. The second kappa shape index (κ2) is 5.03. The third-order valence-corrected chi connectivity index (χ3v) is 3.02. The summed E-state index contributed by atoms with van der Waals surface area (Å²) in [4.78, 5) is 14.7. The molecule has 5 nitrogen and oxygen atoms in total. The molecule has 1 aliphatic carbocycles. The summed E-state index contributed by atoms with van der Waals surface area (Å²) in [7, 11) is 0. The van der Waals surface area contributed by atoms with Crippen molar-refractivity contribution in [3.63, 3.8) is 0 Å². The Bertz CT molecular complexity index is 402. The summed E-state index contributed by atoms with van der Waals surface area (Å²) in [6.45, 7) is 2.82. The number of aryl methyl sites for hydroxylation is 1. The maximum Gasteiger partial charge on any atom is 0.404 e. The molecule has 0 spiro atoms. The molecule has 1 amide bonds. The lowest BCUT2D eigenvalue weighted by Crippen LogP contribution is -2.45. The van der Waals surface area contributed by atoms with Crippen LogP contribution in [0.2, 0.25) is 0 Å². The van der Waals surface area contributed by atoms with Crippen molar-refractivity contribution in [3.8, 4) is 0 Å². The fourth-order valence-corrected chi connectivity index (χ4v) is 2.09. The Morgan fingerprint density at radius 1 is 1.53 bits per heavy atom. The summed E-state index contributed by atoms with van der Waals surface area (Å²) in [5.41, 5.74) is 0.994. The van der Waals surface area contributed by atoms with E-state index in [4.69, 9.17) is 5.11 Å². The van der Waals surface area contributed by atoms with E-state index in [2.05, 4.69) is 15.6 Å². The van der Waals surface area contributed by atoms with Crippen molar-refractivity contribution < 1.29 is 9.90 Å². The van der Waals surface area contributed by atoms with Gasteiger partial charge in [-0.3, -0.25) is 0 Å². The molecule has 1 heterocycles. The van der Waals surface area contributed by atoms with Crippen LogP contribution in [-0.4, -0.2) is 28.8 Å². The van der Waals surface area contributed by atoms with E-state index in [1.165, 1.54) is 0 Å². The summed E-state index contributed by atoms with van der Waals surface area (Å²) in [5, 5.41) is 14.3. The number of nitrogens with one attached hydrogen (secondary N) is 2. The molecule has 92 valence electrons. The van der Waals surface area contributed by atoms with Crippen LogP contribution in [-0.2, 0) is 0 Å². The molecule has 0 aliphatic heterocycles. The highest BCUT2D eigenvalue weighted by Crippen LogP contribution is 2.27. The molecule has 3 N–H and O–H groups in total. The van der Waals surface area contributed by atoms with Crippen LogP contribution in [0.15, 0.2) is 18.2 Å². The Morgan fingerprint density at radius 3 is 2.94 bits per heavy atom. The van der Waals surface area contributed by atoms with E-state index >= 15 is 0 Å². The van der Waals surface area contributed by atoms with Crippen LogP contribution in [0, 0.1) is 12.8 Å². The van der Waals surface area contributed by atoms with Gasteiger partial charge in [-0.2, -0.15) is 0 Å². The van der Waals surface area contributed by atoms with E-state index in [0.717, 1.165) is 30.9 Å². The Balaban J connectivity index is 1.69. The number of carbonyl (C=O) groups is 1. The normalized spacial score (nSPS) is 22.6. The van der Waals surface area contributed by atoms with Gasteiger partial charge in [0.1, 0.15) is 5.82 Å². The molecule has 1 aromatic heterocycles. The molecule has 1 aliphatic rings. The molecule has 5 heteroatoms. The smallest absolute Gasteiger partial charge is 0.404 e. The van der Waals surface area contributed by atoms with Crippen molar-refractivity contribution in [2.75, 3.05) is 11.9 Å². The molecular weight excluding hydrogens is 218 g/mol. The topological polar surface area (TPSA) is 74.2 Å². The predicted octanol–water partition coefficient (Wildman–Crippen LogP) is 1.85. The van der Waals surface area contributed by atoms with Gasteiger partial charge in [0.2, 0.25) is 0 Å². The maximum absolute atomic E-state index is 10.4. The van der Waals surface area contributed by atoms with Crippen molar-refractivity contribution in [2.24, 2.45) is 5.92 Å². The highest BCUT2D eigenvalue weighted by molar-refractivity contribution is 5.65. The highest BCUT2D eigenvalue weighted by Gasteiger charge is 2.29. The van der Waals surface area contributed by atoms with E-state index < -0.39 is 6.09 Å². The number of hydrogen-bond donors (Lipinski definition) is 3. The van der Waals surface area contributed by atoms with Gasteiger partial charge in [-0.25, -0.2) is 9.78 Å². The van der Waals surface area contributed by atoms with Crippen molar-refractivity contribution in [3.05, 3.63) is 23.9 Å². The number of carboxylic acid groups (broad SMARTS) is 1. The number of nitrogens with zero attached hydrogens (tertiary/aromatic N) is 1. The number of anilines is 1. The summed E-state index contributed by atoms with van der Waals surface area (Å²) < 4.78 is 0. The summed E-state index contributed by atoms with van der Waals surface area (Å²) in [5.74, 6) is 1.42. The Morgan fingerprint density at radius 2 is 2.29 bits per heavy atom. The van der Waals surface area contributed by atoms with E-state index in [-0.39, 0.29) is 6.04 Å². The van der Waals surface area contributed by atoms with Gasteiger partial charge in [-0.1, -0.05) is 6.07 Å². The molecule has 0 unspecified atom stereocenters. The molecule has 0 saturated heterocycles. The molecule has 0 bridgehead atoms. The molecule has 0 radical (unpaired) electrons. The second-order valence-electron chi connectivity index (χ2n) is 4.53. The van der Waals surface area contributed by atoms with E-state index in [1.54, 1.807) is 0 Å². The van der Waals surface area contributed by atoms with Crippen molar-refractivity contribution in [2.45, 2.75) is 25.8 Å². The van der Waals surface area contributed by atoms with Gasteiger partial charge < -0.3 is 15.7 Å². The fourth-order valence-electron chi connectivity index (χ4n) is 2.09. The third kappa shape index (κ3) is 3.34. The molecular formula is C12H17N3O2. The van der Waals surface area contributed by atoms with Crippen molar-refractivity contribution in [1.82, 2.24) is 10.3 Å². The molecule has 0 aromatic carbocycles. The monoisotopic (exact) mass is 235 g/mol. The van der Waals surface area contributed by atoms with E-state index in [1.807, 2.05) is 25.1 Å². The highest BCUT2D eigenvalue weighted by atomic mass is 16.4. The molecule has 1 aromatic rings. The van der Waals surface area contributed by atoms with Crippen LogP contribution in [0.4, 0.5) is 10.6 Å². The zero-order chi connectivity index (χ0) is 12.3. The first kappa shape index (κ1) is 11.7. The van der Waals surface area contributed by atoms with Gasteiger partial charge in [0.15, 0.2) is 0 Å². The SMILES string of the molecule is Cc1cccc(NCC2CC(NC(=O)O)C2)n1. The van der Waals surface area contributed by atoms with Crippen LogP contribution in [0.1, 0.15) is 18.5 Å². The zero-order valence-corrected chi connectivity index (χ0v) is 9.81. The first-order valence-corrected chi connectivity index (χ1v) is 5.80. The fraction of sp³-hybridized carbons (Fsp3) is 0.500. The number of aromatic nitrogens is 1. The Kier molecular flexibility index (Phi) is 3.46. The lowest BCUT2D eigenvalue weighted by molar-refractivity contribution is 0.169. The molecule has 1 saturated carbocycles. The third-order valence-electron chi connectivity index (χ3n) is 3.02. The average molecular weight is 235 g/mol. The van der Waals surface area contributed by atoms with Gasteiger partial charge in [0.25, 0.3) is 0 Å². The minimum atomic E-state index is -0.929. The summed E-state index contributed by atoms with van der Waals surface area (Å²) in [6.07, 6.45) is 0.887. The zero-order valence-electron chi connectivity index (χ0n) is 9.81. The van der Waals surface area contributed by atoms with Gasteiger partial charge in [0, 0.05) is 18.3 Å². The van der Waals surface area contributed by atoms with E-state index in [0.29, 0.717) is 5.92 Å². The van der Waals surface area contributed by atoms with Gasteiger partial charge >= 0.3 is 6.09 Å². The number of hydrogen-bond acceptors (Lipinski definition) is 3. The van der Waals surface area contributed by atoms with Crippen LogP contribution < -0.4 is 10.6 Å². The standard InChI is InChI=1S/C12H17N3O2/c1-8-3-2-4-11(14-8)13-7-9-5-10(6-9)15-12(16)17/h2-4,9-10,15H,5-7H2,1H3,(H,13,14)(H,16,17). The second-order valence-corrected chi connectivity index (χ2v) is 4.53. The lowest BCUT2D eigenvalue weighted by atomic mass is 9.80. The minimum absolute atomic E-state index is 0.129. The number of pyridine rings is 1. The largest absolute Gasteiger partial charge is 0.465 e. The van der Waals surface area contributed by atoms with Crippen molar-refractivity contribution >= 4 is 11.9 Å². The summed E-state index contributed by atoms with van der Waals surface area (Å²) in [6, 6.07) is 6.00.